The van der Waals surface area contributed by atoms with E-state index in [1.165, 1.54) is 29.8 Å². The van der Waals surface area contributed by atoms with Gasteiger partial charge in [0.15, 0.2) is 5.13 Å². The van der Waals surface area contributed by atoms with Crippen molar-refractivity contribution in [3.05, 3.63) is 10.6 Å². The van der Waals surface area contributed by atoms with Gasteiger partial charge in [0, 0.05) is 17.3 Å². The third-order valence-corrected chi connectivity index (χ3v) is 5.58. The van der Waals surface area contributed by atoms with E-state index in [2.05, 4.69) is 10.3 Å². The van der Waals surface area contributed by atoms with Crippen molar-refractivity contribution in [2.75, 3.05) is 5.32 Å². The van der Waals surface area contributed by atoms with Gasteiger partial charge in [0.25, 0.3) is 0 Å². The third kappa shape index (κ3) is 3.20. The zero-order chi connectivity index (χ0) is 13.9. The van der Waals surface area contributed by atoms with E-state index in [1.54, 1.807) is 11.3 Å². The molecular formula is C15H23N3OS. The lowest BCUT2D eigenvalue weighted by Crippen LogP contribution is -2.28. The number of thiazole rings is 1. The summed E-state index contributed by atoms with van der Waals surface area (Å²) in [5.41, 5.74) is 7.23. The summed E-state index contributed by atoms with van der Waals surface area (Å²) in [7, 11) is 0. The van der Waals surface area contributed by atoms with Crippen LogP contribution in [0.4, 0.5) is 5.13 Å². The van der Waals surface area contributed by atoms with Crippen LogP contribution in [0.1, 0.15) is 55.5 Å². The van der Waals surface area contributed by atoms with Gasteiger partial charge in [0.1, 0.15) is 0 Å². The monoisotopic (exact) mass is 293 g/mol. The van der Waals surface area contributed by atoms with Crippen LogP contribution in [-0.4, -0.2) is 16.9 Å². The van der Waals surface area contributed by atoms with E-state index >= 15 is 0 Å². The third-order valence-electron chi connectivity index (χ3n) is 4.51. The zero-order valence-corrected chi connectivity index (χ0v) is 12.7. The largest absolute Gasteiger partial charge is 0.327 e. The number of nitrogens with zero attached hydrogens (tertiary/aromatic N) is 1. The Morgan fingerprint density at radius 3 is 2.90 bits per heavy atom. The maximum atomic E-state index is 12.1. The number of nitrogens with two attached hydrogens (primary N) is 1. The van der Waals surface area contributed by atoms with Gasteiger partial charge in [0.05, 0.1) is 5.69 Å². The number of fused-ring (bicyclic) bond motifs is 1. The molecule has 110 valence electrons. The number of amides is 1. The summed E-state index contributed by atoms with van der Waals surface area (Å²) in [6, 6.07) is 0.203. The second kappa shape index (κ2) is 6.22. The molecule has 1 heterocycles. The SMILES string of the molecule is N[C@@H]1CCC[C@H]1CC(=O)Nc1nc2c(s1)CCCCC2. The van der Waals surface area contributed by atoms with E-state index < -0.39 is 0 Å². The highest BCUT2D eigenvalue weighted by atomic mass is 32.1. The zero-order valence-electron chi connectivity index (χ0n) is 11.9. The Hall–Kier alpha value is -0.940. The van der Waals surface area contributed by atoms with Gasteiger partial charge >= 0.3 is 0 Å². The van der Waals surface area contributed by atoms with Crippen LogP contribution in [0.25, 0.3) is 0 Å². The number of rotatable bonds is 3. The van der Waals surface area contributed by atoms with Crippen molar-refractivity contribution in [1.82, 2.24) is 4.98 Å². The number of carbonyl (C=O) groups excluding carboxylic acids is 1. The summed E-state index contributed by atoms with van der Waals surface area (Å²) < 4.78 is 0. The molecule has 0 aromatic carbocycles. The van der Waals surface area contributed by atoms with E-state index in [0.717, 1.165) is 37.2 Å². The van der Waals surface area contributed by atoms with Gasteiger partial charge in [-0.1, -0.05) is 12.8 Å². The molecule has 2 aliphatic carbocycles. The molecule has 1 fully saturated rings. The number of aryl methyl sites for hydroxylation is 2. The molecule has 3 rings (SSSR count). The molecule has 0 saturated heterocycles. The van der Waals surface area contributed by atoms with Crippen molar-refractivity contribution in [1.29, 1.82) is 0 Å². The van der Waals surface area contributed by atoms with Crippen molar-refractivity contribution in [3.63, 3.8) is 0 Å². The average Bonchev–Trinajstić information content (AvgIpc) is 2.90. The van der Waals surface area contributed by atoms with Crippen LogP contribution in [0.5, 0.6) is 0 Å². The predicted molar refractivity (Wildman–Crippen MR) is 81.9 cm³/mol. The fourth-order valence-corrected chi connectivity index (χ4v) is 4.38. The van der Waals surface area contributed by atoms with Crippen LogP contribution in [0.3, 0.4) is 0 Å². The molecule has 3 N–H and O–H groups in total. The molecule has 0 spiro atoms. The van der Waals surface area contributed by atoms with Crippen LogP contribution < -0.4 is 11.1 Å². The number of aromatic nitrogens is 1. The summed E-state index contributed by atoms with van der Waals surface area (Å²) in [6.45, 7) is 0. The van der Waals surface area contributed by atoms with E-state index in [1.807, 2.05) is 0 Å². The summed E-state index contributed by atoms with van der Waals surface area (Å²) in [5, 5.41) is 3.77. The van der Waals surface area contributed by atoms with Crippen molar-refractivity contribution in [2.45, 2.75) is 63.8 Å². The van der Waals surface area contributed by atoms with E-state index in [9.17, 15) is 4.79 Å². The maximum absolute atomic E-state index is 12.1. The molecule has 0 aliphatic heterocycles. The van der Waals surface area contributed by atoms with Crippen LogP contribution in [0.15, 0.2) is 0 Å². The highest BCUT2D eigenvalue weighted by molar-refractivity contribution is 7.15. The Morgan fingerprint density at radius 1 is 1.25 bits per heavy atom. The van der Waals surface area contributed by atoms with Crippen molar-refractivity contribution < 1.29 is 4.79 Å². The van der Waals surface area contributed by atoms with Crippen LogP contribution >= 0.6 is 11.3 Å². The molecule has 2 aliphatic rings. The molecule has 1 amide bonds. The van der Waals surface area contributed by atoms with E-state index in [4.69, 9.17) is 5.73 Å². The van der Waals surface area contributed by atoms with Crippen molar-refractivity contribution in [2.24, 2.45) is 11.7 Å². The van der Waals surface area contributed by atoms with Gasteiger partial charge in [-0.15, -0.1) is 11.3 Å². The summed E-state index contributed by atoms with van der Waals surface area (Å²) >= 11 is 1.66. The second-order valence-electron chi connectivity index (χ2n) is 6.06. The first kappa shape index (κ1) is 14.0. The molecule has 0 bridgehead atoms. The minimum Gasteiger partial charge on any atom is -0.327 e. The Bertz CT molecular complexity index is 462. The van der Waals surface area contributed by atoms with Crippen LogP contribution in [0, 0.1) is 5.92 Å². The first-order valence-corrected chi connectivity index (χ1v) is 8.58. The fourth-order valence-electron chi connectivity index (χ4n) is 3.31. The highest BCUT2D eigenvalue weighted by Gasteiger charge is 2.26. The Balaban J connectivity index is 1.58. The number of hydrogen-bond donors (Lipinski definition) is 2. The van der Waals surface area contributed by atoms with Gasteiger partial charge < -0.3 is 11.1 Å². The smallest absolute Gasteiger partial charge is 0.226 e. The lowest BCUT2D eigenvalue weighted by atomic mass is 10.00. The number of anilines is 1. The first-order valence-electron chi connectivity index (χ1n) is 7.76. The fraction of sp³-hybridized carbons (Fsp3) is 0.733. The molecule has 5 heteroatoms. The van der Waals surface area contributed by atoms with Crippen LogP contribution in [0.2, 0.25) is 0 Å². The molecule has 0 radical (unpaired) electrons. The molecule has 1 aromatic heterocycles. The summed E-state index contributed by atoms with van der Waals surface area (Å²) in [6.07, 6.45) is 9.80. The lowest BCUT2D eigenvalue weighted by molar-refractivity contribution is -0.117. The first-order chi connectivity index (χ1) is 9.72. The minimum absolute atomic E-state index is 0.0799. The van der Waals surface area contributed by atoms with Gasteiger partial charge in [-0.3, -0.25) is 4.79 Å². The lowest BCUT2D eigenvalue weighted by Gasteiger charge is -2.13. The molecule has 20 heavy (non-hydrogen) atoms. The topological polar surface area (TPSA) is 68.0 Å². The molecular weight excluding hydrogens is 270 g/mol. The molecule has 0 unspecified atom stereocenters. The van der Waals surface area contributed by atoms with Crippen LogP contribution in [-0.2, 0) is 17.6 Å². The minimum atomic E-state index is 0.0799. The summed E-state index contributed by atoms with van der Waals surface area (Å²) in [4.78, 5) is 18.1. The molecule has 1 saturated carbocycles. The molecule has 1 aromatic rings. The number of carbonyl (C=O) groups is 1. The quantitative estimate of drug-likeness (QED) is 0.842. The normalized spacial score (nSPS) is 26.1. The van der Waals surface area contributed by atoms with Gasteiger partial charge in [0.2, 0.25) is 5.91 Å². The summed E-state index contributed by atoms with van der Waals surface area (Å²) in [5.74, 6) is 0.434. The Morgan fingerprint density at radius 2 is 2.10 bits per heavy atom. The average molecular weight is 293 g/mol. The maximum Gasteiger partial charge on any atom is 0.226 e. The number of nitrogens with one attached hydrogen (secondary N) is 1. The highest BCUT2D eigenvalue weighted by Crippen LogP contribution is 2.30. The van der Waals surface area contributed by atoms with E-state index in [0.29, 0.717) is 12.3 Å². The van der Waals surface area contributed by atoms with Gasteiger partial charge in [-0.05, 0) is 44.4 Å². The second-order valence-corrected chi connectivity index (χ2v) is 7.14. The van der Waals surface area contributed by atoms with Crippen molar-refractivity contribution >= 4 is 22.4 Å². The predicted octanol–water partition coefficient (Wildman–Crippen LogP) is 2.87. The van der Waals surface area contributed by atoms with E-state index in [-0.39, 0.29) is 11.9 Å². The Kier molecular flexibility index (Phi) is 4.36. The Labute approximate surface area is 124 Å². The van der Waals surface area contributed by atoms with Gasteiger partial charge in [-0.25, -0.2) is 4.98 Å². The molecule has 4 nitrogen and oxygen atoms in total. The molecule has 2 atom stereocenters. The standard InChI is InChI=1S/C15H23N3OS/c16-11-6-4-5-10(11)9-14(19)18-15-17-12-7-2-1-3-8-13(12)20-15/h10-11H,1-9,16H2,(H,17,18,19)/t10-,11+/m0/s1. The number of hydrogen-bond acceptors (Lipinski definition) is 4. The van der Waals surface area contributed by atoms with Gasteiger partial charge in [-0.2, -0.15) is 0 Å². The van der Waals surface area contributed by atoms with Crippen molar-refractivity contribution in [3.8, 4) is 0 Å².